The van der Waals surface area contributed by atoms with Crippen LogP contribution in [0.5, 0.6) is 0 Å². The molecule has 0 spiro atoms. The van der Waals surface area contributed by atoms with Crippen LogP contribution in [0.25, 0.3) is 70.7 Å². The number of nitrogens with zero attached hydrogens (tertiary/aromatic N) is 7. The Morgan fingerprint density at radius 2 is 0.690 bits per heavy atom. The largest absolute Gasteiger partial charge is 0.371 e. The van der Waals surface area contributed by atoms with Crippen LogP contribution in [0, 0.1) is 0 Å². The number of unbranched alkanes of at least 4 members (excludes halogenated alkanes) is 10. The van der Waals surface area contributed by atoms with Crippen LogP contribution in [0.1, 0.15) is 193 Å². The molecule has 0 radical (unpaired) electrons. The monoisotopic (exact) mass is 1330 g/mol. The van der Waals surface area contributed by atoms with Gasteiger partial charge < -0.3 is 4.90 Å². The number of imide groups is 4. The minimum absolute atomic E-state index is 0.0149. The Hall–Kier alpha value is -11.6. The molecule has 1 fully saturated rings. The molecule has 19 nitrogen and oxygen atoms in total. The van der Waals surface area contributed by atoms with Gasteiger partial charge in [-0.2, -0.15) is 0 Å². The second kappa shape index (κ2) is 24.7. The number of rotatable bonds is 20. The van der Waals surface area contributed by atoms with Crippen LogP contribution < -0.4 is 41.8 Å². The maximum absolute atomic E-state index is 15.6. The Bertz CT molecular complexity index is 5530. The fraction of sp³-hybridized carbons (Fsp3) is 0.259. The van der Waals surface area contributed by atoms with Crippen LogP contribution in [-0.2, 0) is 6.54 Å². The fourth-order valence-electron chi connectivity index (χ4n) is 16.0. The normalized spacial score (nSPS) is 15.3. The van der Waals surface area contributed by atoms with Gasteiger partial charge in [-0.1, -0.05) is 121 Å². The molecule has 100 heavy (non-hydrogen) atoms. The molecule has 7 heterocycles. The van der Waals surface area contributed by atoms with E-state index >= 15 is 28.8 Å². The molecule has 0 N–H and O–H groups in total. The number of piperidine rings is 1. The lowest BCUT2D eigenvalue weighted by Crippen LogP contribution is -2.44. The Labute approximate surface area is 571 Å². The standard InChI is InChI=1S/C81H67N7O12/c1-3-5-7-9-11-16-37-83-70(89)57-29-31-59-69-60(32-30-58(68(57)69)71(83)90)79(98)88(78(59)97)49-41-47(40-48(42-49)87-75(94)54-26-20-24-52-65(82-35-14-13-15-36-82)34-33-56(67(52)54)77(87)96)86-74(93)53-25-19-23-51-50(27-28-55(66(51)53)76(86)95)45-21-18-22-46(39-45)85-80(99)63-43-61-62(44-64(63)81(85)100)73(92)84(72(61)91)38-17-12-10-8-6-4-2/h18-34,39-44H,3-17,35-38H2,1-2H3. The molecule has 0 unspecified atom stereocenters. The third-order valence-corrected chi connectivity index (χ3v) is 21.0. The number of hydrogen-bond donors (Lipinski definition) is 0. The topological polar surface area (TPSA) is 231 Å². The molecule has 11 aromatic rings. The van der Waals surface area contributed by atoms with Crippen LogP contribution in [0.3, 0.4) is 0 Å². The highest BCUT2D eigenvalue weighted by atomic mass is 16.2. The Morgan fingerprint density at radius 3 is 1.19 bits per heavy atom. The highest BCUT2D eigenvalue weighted by Gasteiger charge is 2.44. The van der Waals surface area contributed by atoms with Crippen molar-refractivity contribution in [1.82, 2.24) is 14.0 Å². The van der Waals surface area contributed by atoms with E-state index in [-0.39, 0.29) is 118 Å². The van der Waals surface area contributed by atoms with E-state index in [9.17, 15) is 28.8 Å². The first-order chi connectivity index (χ1) is 48.6. The quantitative estimate of drug-likeness (QED) is 0.0511. The lowest BCUT2D eigenvalue weighted by atomic mass is 9.85. The van der Waals surface area contributed by atoms with Gasteiger partial charge in [0.1, 0.15) is 0 Å². The van der Waals surface area contributed by atoms with Crippen molar-refractivity contribution >= 4 is 124 Å². The third kappa shape index (κ3) is 9.74. The first kappa shape index (κ1) is 63.2. The molecule has 0 bridgehead atoms. The highest BCUT2D eigenvalue weighted by Crippen LogP contribution is 2.46. The van der Waals surface area contributed by atoms with Gasteiger partial charge in [0.25, 0.3) is 69.5 Å². The molecule has 0 atom stereocenters. The summed E-state index contributed by atoms with van der Waals surface area (Å²) in [5.41, 5.74) is -0.165. The molecule has 9 aromatic carbocycles. The van der Waals surface area contributed by atoms with Gasteiger partial charge >= 0.3 is 0 Å². The van der Waals surface area contributed by atoms with Crippen molar-refractivity contribution in [3.8, 4) is 16.8 Å². The number of anilines is 4. The summed E-state index contributed by atoms with van der Waals surface area (Å²) < 4.78 is 2.17. The van der Waals surface area contributed by atoms with Crippen LogP contribution in [0.4, 0.5) is 22.7 Å². The van der Waals surface area contributed by atoms with Crippen LogP contribution in [-0.4, -0.2) is 80.9 Å². The lowest BCUT2D eigenvalue weighted by molar-refractivity contribution is 0.0604. The predicted molar refractivity (Wildman–Crippen MR) is 385 cm³/mol. The summed E-state index contributed by atoms with van der Waals surface area (Å²) in [7, 11) is 0. The van der Waals surface area contributed by atoms with Gasteiger partial charge in [0.15, 0.2) is 0 Å². The van der Waals surface area contributed by atoms with Gasteiger partial charge in [-0.15, -0.1) is 0 Å². The SMILES string of the molecule is CCCCCCCCN1C(=O)c2ccc3c4c(ccc(c24)C1=O)C(=O)N(c1cc(N2C(=O)c4cccc5c(-c6cccc(-n7c(=O)c8cc9c(=O)n(CCCCCCCC)c(=O)c9cc8c7=O)c6)ccc(c45)C2=O)cc(N2C(=O)c4cccc5c(N6CCCCC6)ccc(c45)C2=O)c1)C3=O. The molecule has 19 heteroatoms. The van der Waals surface area contributed by atoms with E-state index in [0.29, 0.717) is 40.1 Å². The van der Waals surface area contributed by atoms with Crippen molar-refractivity contribution < 1.29 is 38.4 Å². The van der Waals surface area contributed by atoms with E-state index in [4.69, 9.17) is 0 Å². The van der Waals surface area contributed by atoms with E-state index in [1.54, 1.807) is 66.7 Å². The summed E-state index contributed by atoms with van der Waals surface area (Å²) in [6.45, 7) is 6.28. The number of carbonyl (C=O) groups is 8. The first-order valence-corrected chi connectivity index (χ1v) is 34.8. The summed E-state index contributed by atoms with van der Waals surface area (Å²) in [5, 5.41) is 2.26. The minimum atomic E-state index is -0.886. The van der Waals surface area contributed by atoms with E-state index in [1.165, 1.54) is 70.1 Å². The smallest absolute Gasteiger partial charge is 0.266 e. The van der Waals surface area contributed by atoms with Crippen molar-refractivity contribution in [2.45, 2.75) is 117 Å². The average Bonchev–Trinajstić information content (AvgIpc) is 0.956. The average molecular weight is 1330 g/mol. The molecular formula is C81H67N7O12. The first-order valence-electron chi connectivity index (χ1n) is 34.8. The zero-order valence-electron chi connectivity index (χ0n) is 55.2. The van der Waals surface area contributed by atoms with Crippen molar-refractivity contribution in [2.24, 2.45) is 0 Å². The summed E-state index contributed by atoms with van der Waals surface area (Å²) in [5.74, 6) is -6.02. The zero-order chi connectivity index (χ0) is 69.1. The molecule has 16 rings (SSSR count). The lowest BCUT2D eigenvalue weighted by Gasteiger charge is -2.34. The molecule has 498 valence electrons. The van der Waals surface area contributed by atoms with E-state index in [0.717, 1.165) is 122 Å². The van der Waals surface area contributed by atoms with E-state index in [2.05, 4.69) is 18.7 Å². The van der Waals surface area contributed by atoms with Crippen molar-refractivity contribution in [3.63, 3.8) is 0 Å². The van der Waals surface area contributed by atoms with Crippen LogP contribution in [0.15, 0.2) is 159 Å². The van der Waals surface area contributed by atoms with Crippen molar-refractivity contribution in [2.75, 3.05) is 39.2 Å². The molecule has 5 aliphatic rings. The van der Waals surface area contributed by atoms with Gasteiger partial charge in [-0.05, 0) is 146 Å². The maximum Gasteiger partial charge on any atom is 0.266 e. The number of aromatic nitrogens is 2. The van der Waals surface area contributed by atoms with Gasteiger partial charge in [-0.3, -0.25) is 67.0 Å². The second-order valence-electron chi connectivity index (χ2n) is 26.9. The summed E-state index contributed by atoms with van der Waals surface area (Å²) in [6.07, 6.45) is 14.4. The van der Waals surface area contributed by atoms with Crippen LogP contribution in [0.2, 0.25) is 0 Å². The Kier molecular flexibility index (Phi) is 15.6. The molecule has 5 aliphatic heterocycles. The van der Waals surface area contributed by atoms with Crippen molar-refractivity contribution in [1.29, 1.82) is 0 Å². The van der Waals surface area contributed by atoms with Crippen molar-refractivity contribution in [3.05, 3.63) is 225 Å². The number of carbonyl (C=O) groups excluding carboxylic acids is 8. The fourth-order valence-corrected chi connectivity index (χ4v) is 16.0. The molecular weight excluding hydrogens is 1260 g/mol. The number of benzene rings is 9. The molecule has 0 saturated carbocycles. The maximum atomic E-state index is 15.6. The van der Waals surface area contributed by atoms with Gasteiger partial charge in [-0.25, -0.2) is 19.3 Å². The second-order valence-corrected chi connectivity index (χ2v) is 26.9. The van der Waals surface area contributed by atoms with E-state index < -0.39 is 69.5 Å². The number of fused-ring (bicyclic) bond motifs is 2. The Balaban J connectivity index is 0.772. The summed E-state index contributed by atoms with van der Waals surface area (Å²) >= 11 is 0. The van der Waals surface area contributed by atoms with Gasteiger partial charge in [0, 0.05) is 103 Å². The number of hydrogen-bond acceptors (Lipinski definition) is 13. The molecule has 1 saturated heterocycles. The molecule has 0 aliphatic carbocycles. The highest BCUT2D eigenvalue weighted by molar-refractivity contribution is 6.42. The predicted octanol–water partition coefficient (Wildman–Crippen LogP) is 13.7. The zero-order valence-corrected chi connectivity index (χ0v) is 55.2. The minimum Gasteiger partial charge on any atom is -0.371 e. The Morgan fingerprint density at radius 1 is 0.300 bits per heavy atom. The third-order valence-electron chi connectivity index (χ3n) is 21.0. The van der Waals surface area contributed by atoms with Crippen LogP contribution >= 0.6 is 0 Å². The molecule has 8 amide bonds. The summed E-state index contributed by atoms with van der Waals surface area (Å²) in [4.78, 5) is 183. The molecule has 2 aromatic heterocycles. The van der Waals surface area contributed by atoms with Gasteiger partial charge in [0.05, 0.1) is 44.3 Å². The summed E-state index contributed by atoms with van der Waals surface area (Å²) in [6, 6.07) is 36.0. The van der Waals surface area contributed by atoms with Gasteiger partial charge in [0.2, 0.25) is 0 Å². The van der Waals surface area contributed by atoms with E-state index in [1.807, 2.05) is 12.1 Å². The number of amides is 8.